The lowest BCUT2D eigenvalue weighted by molar-refractivity contribution is 0.0939. The number of hydrogen-bond donors (Lipinski definition) is 1. The van der Waals surface area contributed by atoms with E-state index in [1.165, 1.54) is 0 Å². The van der Waals surface area contributed by atoms with Crippen molar-refractivity contribution in [3.63, 3.8) is 0 Å². The van der Waals surface area contributed by atoms with Crippen LogP contribution < -0.4 is 14.8 Å². The SMILES string of the molecule is COc1cc(C(=O)NC(C)c2cccc(Br)c2)cc(OC)c1C. The fourth-order valence-electron chi connectivity index (χ4n) is 2.36. The highest BCUT2D eigenvalue weighted by Crippen LogP contribution is 2.29. The van der Waals surface area contributed by atoms with Gasteiger partial charge < -0.3 is 14.8 Å². The largest absolute Gasteiger partial charge is 0.496 e. The number of carbonyl (C=O) groups is 1. The maximum Gasteiger partial charge on any atom is 0.252 e. The molecule has 1 N–H and O–H groups in total. The molecule has 1 amide bonds. The van der Waals surface area contributed by atoms with Crippen molar-refractivity contribution in [2.24, 2.45) is 0 Å². The number of methoxy groups -OCH3 is 2. The Morgan fingerprint density at radius 2 is 1.74 bits per heavy atom. The molecule has 2 rings (SSSR count). The van der Waals surface area contributed by atoms with E-state index < -0.39 is 0 Å². The van der Waals surface area contributed by atoms with Gasteiger partial charge in [0.25, 0.3) is 5.91 Å². The first-order valence-corrected chi connectivity index (χ1v) is 8.04. The second kappa shape index (κ2) is 7.51. The lowest BCUT2D eigenvalue weighted by Gasteiger charge is -2.16. The third-order valence-corrected chi connectivity index (χ3v) is 4.20. The van der Waals surface area contributed by atoms with E-state index in [2.05, 4.69) is 21.2 Å². The number of carbonyl (C=O) groups excluding carboxylic acids is 1. The maximum atomic E-state index is 12.5. The number of ether oxygens (including phenoxy) is 2. The molecule has 0 aromatic heterocycles. The number of halogens is 1. The Morgan fingerprint density at radius 3 is 2.26 bits per heavy atom. The van der Waals surface area contributed by atoms with E-state index in [4.69, 9.17) is 9.47 Å². The molecule has 2 aromatic carbocycles. The number of nitrogens with one attached hydrogen (secondary N) is 1. The molecule has 23 heavy (non-hydrogen) atoms. The average Bonchev–Trinajstić information content (AvgIpc) is 2.54. The molecule has 5 heteroatoms. The van der Waals surface area contributed by atoms with Crippen LogP contribution >= 0.6 is 15.9 Å². The molecule has 122 valence electrons. The third-order valence-electron chi connectivity index (χ3n) is 3.71. The summed E-state index contributed by atoms with van der Waals surface area (Å²) in [5.41, 5.74) is 2.40. The van der Waals surface area contributed by atoms with Gasteiger partial charge >= 0.3 is 0 Å². The van der Waals surface area contributed by atoms with Crippen LogP contribution in [-0.2, 0) is 0 Å². The van der Waals surface area contributed by atoms with Crippen LogP contribution in [0.1, 0.15) is 34.5 Å². The molecule has 0 bridgehead atoms. The molecule has 0 heterocycles. The van der Waals surface area contributed by atoms with Crippen LogP contribution in [-0.4, -0.2) is 20.1 Å². The van der Waals surface area contributed by atoms with Gasteiger partial charge in [0, 0.05) is 15.6 Å². The van der Waals surface area contributed by atoms with Crippen molar-refractivity contribution < 1.29 is 14.3 Å². The Labute approximate surface area is 144 Å². The Balaban J connectivity index is 2.23. The van der Waals surface area contributed by atoms with Crippen molar-refractivity contribution in [2.45, 2.75) is 19.9 Å². The number of rotatable bonds is 5. The second-order valence-corrected chi connectivity index (χ2v) is 6.17. The van der Waals surface area contributed by atoms with E-state index in [1.54, 1.807) is 26.4 Å². The van der Waals surface area contributed by atoms with E-state index in [1.807, 2.05) is 38.1 Å². The quantitative estimate of drug-likeness (QED) is 0.846. The highest BCUT2D eigenvalue weighted by molar-refractivity contribution is 9.10. The van der Waals surface area contributed by atoms with E-state index in [0.717, 1.165) is 15.6 Å². The second-order valence-electron chi connectivity index (χ2n) is 5.26. The van der Waals surface area contributed by atoms with Crippen molar-refractivity contribution in [2.75, 3.05) is 14.2 Å². The molecular formula is C18H20BrNO3. The van der Waals surface area contributed by atoms with Gasteiger partial charge in [0.05, 0.1) is 20.3 Å². The van der Waals surface area contributed by atoms with Crippen LogP contribution in [0.4, 0.5) is 0 Å². The summed E-state index contributed by atoms with van der Waals surface area (Å²) in [5, 5.41) is 2.99. The van der Waals surface area contributed by atoms with Gasteiger partial charge in [-0.05, 0) is 43.7 Å². The monoisotopic (exact) mass is 377 g/mol. The van der Waals surface area contributed by atoms with Crippen molar-refractivity contribution in [3.05, 3.63) is 57.6 Å². The molecule has 0 aliphatic rings. The molecule has 0 aliphatic carbocycles. The van der Waals surface area contributed by atoms with Crippen LogP contribution in [0.2, 0.25) is 0 Å². The van der Waals surface area contributed by atoms with Crippen LogP contribution in [0, 0.1) is 6.92 Å². The number of benzene rings is 2. The predicted octanol–water partition coefficient (Wildman–Crippen LogP) is 4.27. The highest BCUT2D eigenvalue weighted by Gasteiger charge is 2.16. The van der Waals surface area contributed by atoms with Gasteiger partial charge in [0.15, 0.2) is 0 Å². The summed E-state index contributed by atoms with van der Waals surface area (Å²) < 4.78 is 11.6. The van der Waals surface area contributed by atoms with Gasteiger partial charge in [0.1, 0.15) is 11.5 Å². The minimum Gasteiger partial charge on any atom is -0.496 e. The van der Waals surface area contributed by atoms with Crippen LogP contribution in [0.5, 0.6) is 11.5 Å². The first kappa shape index (κ1) is 17.3. The summed E-state index contributed by atoms with van der Waals surface area (Å²) in [6.07, 6.45) is 0. The normalized spacial score (nSPS) is 11.7. The Morgan fingerprint density at radius 1 is 1.13 bits per heavy atom. The van der Waals surface area contributed by atoms with Crippen molar-refractivity contribution in [1.29, 1.82) is 0 Å². The van der Waals surface area contributed by atoms with Crippen molar-refractivity contribution >= 4 is 21.8 Å². The van der Waals surface area contributed by atoms with Gasteiger partial charge in [-0.2, -0.15) is 0 Å². The molecule has 0 spiro atoms. The van der Waals surface area contributed by atoms with Crippen molar-refractivity contribution in [3.8, 4) is 11.5 Å². The first-order chi connectivity index (χ1) is 11.0. The smallest absolute Gasteiger partial charge is 0.252 e. The Kier molecular flexibility index (Phi) is 5.66. The molecule has 0 saturated carbocycles. The molecule has 1 unspecified atom stereocenters. The fourth-order valence-corrected chi connectivity index (χ4v) is 2.77. The van der Waals surface area contributed by atoms with Crippen LogP contribution in [0.3, 0.4) is 0 Å². The van der Waals surface area contributed by atoms with Gasteiger partial charge in [-0.3, -0.25) is 4.79 Å². The van der Waals surface area contributed by atoms with Gasteiger partial charge in [-0.25, -0.2) is 0 Å². The number of hydrogen-bond acceptors (Lipinski definition) is 3. The van der Waals surface area contributed by atoms with E-state index >= 15 is 0 Å². The summed E-state index contributed by atoms with van der Waals surface area (Å²) in [4.78, 5) is 12.5. The maximum absolute atomic E-state index is 12.5. The third kappa shape index (κ3) is 4.05. The van der Waals surface area contributed by atoms with E-state index in [0.29, 0.717) is 17.1 Å². The van der Waals surface area contributed by atoms with E-state index in [-0.39, 0.29) is 11.9 Å². The zero-order chi connectivity index (χ0) is 17.0. The topological polar surface area (TPSA) is 47.6 Å². The lowest BCUT2D eigenvalue weighted by Crippen LogP contribution is -2.26. The standard InChI is InChI=1S/C18H20BrNO3/c1-11-16(22-3)9-14(10-17(11)23-4)18(21)20-12(2)13-6-5-7-15(19)8-13/h5-10,12H,1-4H3,(H,20,21). The first-order valence-electron chi connectivity index (χ1n) is 7.25. The summed E-state index contributed by atoms with van der Waals surface area (Å²) in [6.45, 7) is 3.84. The van der Waals surface area contributed by atoms with Gasteiger partial charge in [0.2, 0.25) is 0 Å². The van der Waals surface area contributed by atoms with E-state index in [9.17, 15) is 4.79 Å². The minimum atomic E-state index is -0.172. The fraction of sp³-hybridized carbons (Fsp3) is 0.278. The molecule has 0 aliphatic heterocycles. The van der Waals surface area contributed by atoms with Crippen LogP contribution in [0.25, 0.3) is 0 Å². The van der Waals surface area contributed by atoms with Crippen molar-refractivity contribution in [1.82, 2.24) is 5.32 Å². The minimum absolute atomic E-state index is 0.113. The molecule has 4 nitrogen and oxygen atoms in total. The summed E-state index contributed by atoms with van der Waals surface area (Å²) >= 11 is 3.44. The molecular weight excluding hydrogens is 358 g/mol. The summed E-state index contributed by atoms with van der Waals surface area (Å²) in [6, 6.07) is 11.2. The summed E-state index contributed by atoms with van der Waals surface area (Å²) in [5.74, 6) is 1.09. The summed E-state index contributed by atoms with van der Waals surface area (Å²) in [7, 11) is 3.15. The average molecular weight is 378 g/mol. The molecule has 1 atom stereocenters. The molecule has 0 fully saturated rings. The Hall–Kier alpha value is -2.01. The Bertz CT molecular complexity index is 690. The number of amides is 1. The highest BCUT2D eigenvalue weighted by atomic mass is 79.9. The lowest BCUT2D eigenvalue weighted by atomic mass is 10.1. The van der Waals surface area contributed by atoms with Crippen LogP contribution in [0.15, 0.2) is 40.9 Å². The predicted molar refractivity (Wildman–Crippen MR) is 94.3 cm³/mol. The zero-order valence-electron chi connectivity index (χ0n) is 13.6. The molecule has 0 saturated heterocycles. The zero-order valence-corrected chi connectivity index (χ0v) is 15.2. The molecule has 2 aromatic rings. The van der Waals surface area contributed by atoms with Gasteiger partial charge in [-0.1, -0.05) is 28.1 Å². The molecule has 0 radical (unpaired) electrons. The van der Waals surface area contributed by atoms with Gasteiger partial charge in [-0.15, -0.1) is 0 Å².